The van der Waals surface area contributed by atoms with E-state index in [1.54, 1.807) is 4.90 Å². The third-order valence-corrected chi connectivity index (χ3v) is 6.05. The molecular weight excluding hydrogens is 390 g/mol. The number of anilines is 1. The van der Waals surface area contributed by atoms with Crippen molar-refractivity contribution in [3.05, 3.63) is 59.7 Å². The topological polar surface area (TPSA) is 61.9 Å². The van der Waals surface area contributed by atoms with Crippen LogP contribution in [0.25, 0.3) is 0 Å². The highest BCUT2D eigenvalue weighted by Crippen LogP contribution is 2.32. The van der Waals surface area contributed by atoms with E-state index in [1.165, 1.54) is 5.56 Å². The van der Waals surface area contributed by atoms with Gasteiger partial charge in [0.05, 0.1) is 12.2 Å². The van der Waals surface area contributed by atoms with Crippen molar-refractivity contribution in [2.75, 3.05) is 31.1 Å². The number of fused-ring (bicyclic) bond motifs is 1. The summed E-state index contributed by atoms with van der Waals surface area (Å²) < 4.78 is 5.65. The summed E-state index contributed by atoms with van der Waals surface area (Å²) in [5.74, 6) is 0.674. The van der Waals surface area contributed by atoms with E-state index < -0.39 is 0 Å². The Morgan fingerprint density at radius 2 is 1.81 bits per heavy atom. The standard InChI is InChI=1S/C25H31N3O3/c1-19-7-8-23-22(17-19)28(15-16-31-23)25(30)10-9-24(29)26-21-11-13-27(14-12-21)18-20-5-3-2-4-6-20/h2-8,17,21H,9-16,18H2,1H3,(H,26,29). The van der Waals surface area contributed by atoms with E-state index >= 15 is 0 Å². The van der Waals surface area contributed by atoms with Gasteiger partial charge in [0, 0.05) is 38.5 Å². The quantitative estimate of drug-likeness (QED) is 0.778. The van der Waals surface area contributed by atoms with Gasteiger partial charge in [-0.3, -0.25) is 14.5 Å². The highest BCUT2D eigenvalue weighted by molar-refractivity contribution is 5.97. The lowest BCUT2D eigenvalue weighted by molar-refractivity contribution is -0.126. The Bertz CT molecular complexity index is 907. The summed E-state index contributed by atoms with van der Waals surface area (Å²) in [5, 5.41) is 3.13. The van der Waals surface area contributed by atoms with Crippen molar-refractivity contribution < 1.29 is 14.3 Å². The number of amides is 2. The Morgan fingerprint density at radius 1 is 1.03 bits per heavy atom. The summed E-state index contributed by atoms with van der Waals surface area (Å²) in [7, 11) is 0. The minimum absolute atomic E-state index is 0.0250. The Labute approximate surface area is 184 Å². The van der Waals surface area contributed by atoms with E-state index in [4.69, 9.17) is 4.74 Å². The van der Waals surface area contributed by atoms with Gasteiger partial charge in [0.2, 0.25) is 11.8 Å². The molecule has 4 rings (SSSR count). The average Bonchev–Trinajstić information content (AvgIpc) is 2.79. The second-order valence-electron chi connectivity index (χ2n) is 8.47. The number of nitrogens with one attached hydrogen (secondary N) is 1. The number of carbonyl (C=O) groups excluding carboxylic acids is 2. The fourth-order valence-corrected chi connectivity index (χ4v) is 4.32. The molecule has 2 amide bonds. The molecule has 2 aliphatic rings. The van der Waals surface area contributed by atoms with Gasteiger partial charge < -0.3 is 15.0 Å². The second kappa shape index (κ2) is 9.96. The van der Waals surface area contributed by atoms with Crippen LogP contribution in [-0.4, -0.2) is 49.0 Å². The summed E-state index contributed by atoms with van der Waals surface area (Å²) in [4.78, 5) is 29.4. The van der Waals surface area contributed by atoms with Crippen LogP contribution in [0.4, 0.5) is 5.69 Å². The highest BCUT2D eigenvalue weighted by atomic mass is 16.5. The average molecular weight is 422 g/mol. The fraction of sp³-hybridized carbons (Fsp3) is 0.440. The zero-order valence-corrected chi connectivity index (χ0v) is 18.2. The molecule has 2 aromatic carbocycles. The Morgan fingerprint density at radius 3 is 2.58 bits per heavy atom. The Kier molecular flexibility index (Phi) is 6.87. The van der Waals surface area contributed by atoms with E-state index in [-0.39, 0.29) is 30.7 Å². The van der Waals surface area contributed by atoms with Gasteiger partial charge in [-0.25, -0.2) is 0 Å². The van der Waals surface area contributed by atoms with Crippen molar-refractivity contribution in [1.29, 1.82) is 0 Å². The maximum atomic E-state index is 12.8. The summed E-state index contributed by atoms with van der Waals surface area (Å²) in [6, 6.07) is 16.5. The monoisotopic (exact) mass is 421 g/mol. The second-order valence-corrected chi connectivity index (χ2v) is 8.47. The minimum Gasteiger partial charge on any atom is -0.490 e. The first-order valence-electron chi connectivity index (χ1n) is 11.2. The molecule has 2 aromatic rings. The third-order valence-electron chi connectivity index (χ3n) is 6.05. The van der Waals surface area contributed by atoms with Crippen LogP contribution >= 0.6 is 0 Å². The number of benzene rings is 2. The maximum Gasteiger partial charge on any atom is 0.227 e. The van der Waals surface area contributed by atoms with Gasteiger partial charge in [-0.05, 0) is 43.0 Å². The van der Waals surface area contributed by atoms with Crippen molar-refractivity contribution in [3.8, 4) is 5.75 Å². The Balaban J connectivity index is 1.21. The van der Waals surface area contributed by atoms with Gasteiger partial charge in [0.25, 0.3) is 0 Å². The molecule has 0 aromatic heterocycles. The SMILES string of the molecule is Cc1ccc2c(c1)N(C(=O)CCC(=O)NC1CCN(Cc3ccccc3)CC1)CCO2. The van der Waals surface area contributed by atoms with Crippen LogP contribution in [0.2, 0.25) is 0 Å². The fourth-order valence-electron chi connectivity index (χ4n) is 4.32. The molecule has 6 nitrogen and oxygen atoms in total. The molecule has 0 saturated carbocycles. The first-order chi connectivity index (χ1) is 15.1. The highest BCUT2D eigenvalue weighted by Gasteiger charge is 2.25. The van der Waals surface area contributed by atoms with Gasteiger partial charge in [-0.2, -0.15) is 0 Å². The number of hydrogen-bond donors (Lipinski definition) is 1. The molecular formula is C25H31N3O3. The zero-order chi connectivity index (χ0) is 21.6. The summed E-state index contributed by atoms with van der Waals surface area (Å²) in [5.41, 5.74) is 3.21. The van der Waals surface area contributed by atoms with Gasteiger partial charge in [0.1, 0.15) is 12.4 Å². The number of ether oxygens (including phenoxy) is 1. The summed E-state index contributed by atoms with van der Waals surface area (Å²) >= 11 is 0. The van der Waals surface area contributed by atoms with E-state index in [9.17, 15) is 9.59 Å². The number of carbonyl (C=O) groups is 2. The van der Waals surface area contributed by atoms with Gasteiger partial charge in [-0.1, -0.05) is 36.4 Å². The number of likely N-dealkylation sites (tertiary alicyclic amines) is 1. The molecule has 31 heavy (non-hydrogen) atoms. The van der Waals surface area contributed by atoms with E-state index in [0.29, 0.717) is 13.2 Å². The lowest BCUT2D eigenvalue weighted by atomic mass is 10.0. The molecule has 0 unspecified atom stereocenters. The van der Waals surface area contributed by atoms with Crippen LogP contribution in [0.5, 0.6) is 5.75 Å². The smallest absolute Gasteiger partial charge is 0.227 e. The number of rotatable bonds is 6. The first-order valence-corrected chi connectivity index (χ1v) is 11.2. The van der Waals surface area contributed by atoms with Gasteiger partial charge in [-0.15, -0.1) is 0 Å². The van der Waals surface area contributed by atoms with Gasteiger partial charge in [0.15, 0.2) is 0 Å². The van der Waals surface area contributed by atoms with Crippen LogP contribution in [0.3, 0.4) is 0 Å². The van der Waals surface area contributed by atoms with E-state index in [0.717, 1.165) is 49.5 Å². The van der Waals surface area contributed by atoms with Crippen molar-refractivity contribution in [1.82, 2.24) is 10.2 Å². The lowest BCUT2D eigenvalue weighted by Gasteiger charge is -2.32. The molecule has 1 fully saturated rings. The van der Waals surface area contributed by atoms with Crippen molar-refractivity contribution in [2.24, 2.45) is 0 Å². The molecule has 6 heteroatoms. The molecule has 0 radical (unpaired) electrons. The number of hydrogen-bond acceptors (Lipinski definition) is 4. The van der Waals surface area contributed by atoms with Crippen LogP contribution in [0, 0.1) is 6.92 Å². The Hall–Kier alpha value is -2.86. The molecule has 1 N–H and O–H groups in total. The minimum atomic E-state index is -0.0346. The normalized spacial score (nSPS) is 17.0. The van der Waals surface area contributed by atoms with Crippen LogP contribution in [0.15, 0.2) is 48.5 Å². The van der Waals surface area contributed by atoms with Gasteiger partial charge >= 0.3 is 0 Å². The molecule has 164 valence electrons. The molecule has 2 aliphatic heterocycles. The molecule has 0 atom stereocenters. The largest absolute Gasteiger partial charge is 0.490 e. The number of piperidine rings is 1. The molecule has 0 spiro atoms. The molecule has 2 heterocycles. The number of aryl methyl sites for hydroxylation is 1. The predicted octanol–water partition coefficient (Wildman–Crippen LogP) is 3.28. The van der Waals surface area contributed by atoms with Crippen LogP contribution < -0.4 is 15.0 Å². The van der Waals surface area contributed by atoms with E-state index in [1.807, 2.05) is 31.2 Å². The predicted molar refractivity (Wildman–Crippen MR) is 121 cm³/mol. The van der Waals surface area contributed by atoms with Crippen LogP contribution in [0.1, 0.15) is 36.8 Å². The van der Waals surface area contributed by atoms with Crippen LogP contribution in [-0.2, 0) is 16.1 Å². The number of nitrogens with zero attached hydrogens (tertiary/aromatic N) is 2. The van der Waals surface area contributed by atoms with E-state index in [2.05, 4.69) is 34.5 Å². The molecule has 1 saturated heterocycles. The third kappa shape index (κ3) is 5.64. The lowest BCUT2D eigenvalue weighted by Crippen LogP contribution is -2.44. The summed E-state index contributed by atoms with van der Waals surface area (Å²) in [6.45, 7) is 5.91. The first kappa shape index (κ1) is 21.4. The van der Waals surface area contributed by atoms with Crippen molar-refractivity contribution in [3.63, 3.8) is 0 Å². The molecule has 0 bridgehead atoms. The maximum absolute atomic E-state index is 12.8. The van der Waals surface area contributed by atoms with Crippen molar-refractivity contribution in [2.45, 2.75) is 45.2 Å². The zero-order valence-electron chi connectivity index (χ0n) is 18.2. The summed E-state index contributed by atoms with van der Waals surface area (Å²) in [6.07, 6.45) is 2.33. The van der Waals surface area contributed by atoms with Crippen molar-refractivity contribution >= 4 is 17.5 Å². The molecule has 0 aliphatic carbocycles.